The van der Waals surface area contributed by atoms with E-state index >= 15 is 0 Å². The van der Waals surface area contributed by atoms with Gasteiger partial charge in [0.25, 0.3) is 0 Å². The van der Waals surface area contributed by atoms with Crippen LogP contribution in [0.3, 0.4) is 0 Å². The van der Waals surface area contributed by atoms with Crippen molar-refractivity contribution in [3.63, 3.8) is 0 Å². The van der Waals surface area contributed by atoms with Crippen LogP contribution in [0.15, 0.2) is 22.9 Å². The fraction of sp³-hybridized carbons (Fsp3) is 0.333. The summed E-state index contributed by atoms with van der Waals surface area (Å²) >= 11 is 0. The molecule has 1 fully saturated rings. The zero-order valence-corrected chi connectivity index (χ0v) is 8.60. The summed E-state index contributed by atoms with van der Waals surface area (Å²) in [7, 11) is 0. The van der Waals surface area contributed by atoms with Crippen LogP contribution in [-0.2, 0) is 5.41 Å². The second-order valence-corrected chi connectivity index (χ2v) is 4.21. The van der Waals surface area contributed by atoms with E-state index in [0.29, 0.717) is 16.7 Å². The molecular weight excluding hydrogens is 204 g/mol. The second-order valence-electron chi connectivity index (χ2n) is 4.21. The molecule has 0 saturated heterocycles. The number of rotatable bonds is 1. The molecule has 0 unspecified atom stereocenters. The maximum absolute atomic E-state index is 10.1. The molecule has 0 bridgehead atoms. The van der Waals surface area contributed by atoms with Gasteiger partial charge in [-0.15, -0.1) is 0 Å². The summed E-state index contributed by atoms with van der Waals surface area (Å²) in [5.74, 6) is 0.0660. The third-order valence-electron chi connectivity index (χ3n) is 3.41. The van der Waals surface area contributed by atoms with Crippen LogP contribution >= 0.6 is 0 Å². The number of oxazole rings is 1. The highest BCUT2D eigenvalue weighted by atomic mass is 16.4. The van der Waals surface area contributed by atoms with E-state index in [2.05, 4.69) is 11.1 Å². The van der Waals surface area contributed by atoms with E-state index in [0.717, 1.165) is 19.3 Å². The van der Waals surface area contributed by atoms with Gasteiger partial charge in [0.2, 0.25) is 0 Å². The monoisotopic (exact) mass is 214 g/mol. The molecule has 4 nitrogen and oxygen atoms in total. The Labute approximate surface area is 92.1 Å². The van der Waals surface area contributed by atoms with Crippen LogP contribution in [0.4, 0.5) is 0 Å². The summed E-state index contributed by atoms with van der Waals surface area (Å²) < 4.78 is 5.13. The second kappa shape index (κ2) is 2.99. The zero-order valence-electron chi connectivity index (χ0n) is 8.60. The minimum Gasteiger partial charge on any atom is -0.504 e. The van der Waals surface area contributed by atoms with Crippen LogP contribution in [0, 0.1) is 11.3 Å². The van der Waals surface area contributed by atoms with E-state index in [-0.39, 0.29) is 5.75 Å². The normalized spacial score (nSPS) is 17.9. The average Bonchev–Trinajstić information content (AvgIpc) is 2.69. The molecule has 1 aliphatic carbocycles. The Balaban J connectivity index is 2.24. The van der Waals surface area contributed by atoms with Crippen molar-refractivity contribution in [3.05, 3.63) is 24.1 Å². The first-order chi connectivity index (χ1) is 7.77. The third-order valence-corrected chi connectivity index (χ3v) is 3.41. The lowest BCUT2D eigenvalue weighted by atomic mass is 9.65. The van der Waals surface area contributed by atoms with Gasteiger partial charge in [0.15, 0.2) is 17.7 Å². The van der Waals surface area contributed by atoms with Crippen LogP contribution in [0.5, 0.6) is 5.75 Å². The number of aromatic hydroxyl groups is 1. The van der Waals surface area contributed by atoms with E-state index in [4.69, 9.17) is 4.42 Å². The first-order valence-corrected chi connectivity index (χ1v) is 5.24. The summed E-state index contributed by atoms with van der Waals surface area (Å²) in [5, 5.41) is 19.3. The van der Waals surface area contributed by atoms with Crippen molar-refractivity contribution in [2.24, 2.45) is 0 Å². The largest absolute Gasteiger partial charge is 0.504 e. The molecule has 4 heteroatoms. The molecule has 2 aromatic rings. The number of nitrogens with zero attached hydrogens (tertiary/aromatic N) is 2. The predicted molar refractivity (Wildman–Crippen MR) is 56.8 cm³/mol. The molecule has 0 amide bonds. The molecule has 3 rings (SSSR count). The van der Waals surface area contributed by atoms with Gasteiger partial charge in [-0.3, -0.25) is 0 Å². The summed E-state index contributed by atoms with van der Waals surface area (Å²) in [6.45, 7) is 0. The van der Waals surface area contributed by atoms with E-state index in [1.165, 1.54) is 6.39 Å². The van der Waals surface area contributed by atoms with Crippen molar-refractivity contribution < 1.29 is 9.52 Å². The number of fused-ring (bicyclic) bond motifs is 1. The van der Waals surface area contributed by atoms with Crippen molar-refractivity contribution in [2.45, 2.75) is 24.7 Å². The van der Waals surface area contributed by atoms with Crippen LogP contribution in [-0.4, -0.2) is 10.1 Å². The predicted octanol–water partition coefficient (Wildman–Crippen LogP) is 2.48. The van der Waals surface area contributed by atoms with Crippen molar-refractivity contribution in [1.29, 1.82) is 5.26 Å². The third kappa shape index (κ3) is 1.00. The first kappa shape index (κ1) is 9.22. The molecule has 1 aromatic carbocycles. The number of aromatic nitrogens is 1. The highest BCUT2D eigenvalue weighted by molar-refractivity contribution is 5.81. The summed E-state index contributed by atoms with van der Waals surface area (Å²) in [6, 6.07) is 5.87. The molecule has 0 aliphatic heterocycles. The van der Waals surface area contributed by atoms with Crippen LogP contribution in [0.25, 0.3) is 11.1 Å². The van der Waals surface area contributed by atoms with Gasteiger partial charge in [-0.1, -0.05) is 6.07 Å². The fourth-order valence-electron chi connectivity index (χ4n) is 2.27. The van der Waals surface area contributed by atoms with Crippen LogP contribution in [0.2, 0.25) is 0 Å². The Morgan fingerprint density at radius 2 is 2.25 bits per heavy atom. The smallest absolute Gasteiger partial charge is 0.196 e. The van der Waals surface area contributed by atoms with E-state index in [1.807, 2.05) is 0 Å². The molecule has 0 atom stereocenters. The molecule has 1 aliphatic rings. The topological polar surface area (TPSA) is 70.0 Å². The average molecular weight is 214 g/mol. The highest BCUT2D eigenvalue weighted by Crippen LogP contribution is 2.47. The molecule has 0 radical (unpaired) electrons. The maximum atomic E-state index is 10.1. The molecule has 1 N–H and O–H groups in total. The van der Waals surface area contributed by atoms with Gasteiger partial charge in [0.05, 0.1) is 11.5 Å². The Kier molecular flexibility index (Phi) is 1.72. The Morgan fingerprint density at radius 1 is 1.44 bits per heavy atom. The van der Waals surface area contributed by atoms with Crippen molar-refractivity contribution in [2.75, 3.05) is 0 Å². The molecule has 1 heterocycles. The number of hydrogen-bond donors (Lipinski definition) is 1. The SMILES string of the molecule is N#CC1(c2ccc3ncoc3c2O)CCC1. The zero-order chi connectivity index (χ0) is 11.2. The van der Waals surface area contributed by atoms with Crippen molar-refractivity contribution in [1.82, 2.24) is 4.98 Å². The lowest BCUT2D eigenvalue weighted by Crippen LogP contribution is -2.32. The Hall–Kier alpha value is -2.02. The Bertz CT molecular complexity index is 591. The van der Waals surface area contributed by atoms with Crippen molar-refractivity contribution in [3.8, 4) is 11.8 Å². The number of phenolic OH excluding ortho intramolecular Hbond substituents is 1. The van der Waals surface area contributed by atoms with Gasteiger partial charge in [0, 0.05) is 5.56 Å². The quantitative estimate of drug-likeness (QED) is 0.791. The number of phenols is 1. The summed E-state index contributed by atoms with van der Waals surface area (Å²) in [5.41, 5.74) is 1.14. The molecule has 80 valence electrons. The molecule has 1 aromatic heterocycles. The molecule has 1 saturated carbocycles. The van der Waals surface area contributed by atoms with Gasteiger partial charge in [-0.25, -0.2) is 4.98 Å². The summed E-state index contributed by atoms with van der Waals surface area (Å²) in [4.78, 5) is 3.96. The minimum absolute atomic E-state index is 0.0660. The van der Waals surface area contributed by atoms with E-state index in [1.54, 1.807) is 12.1 Å². The van der Waals surface area contributed by atoms with Gasteiger partial charge in [-0.05, 0) is 25.3 Å². The van der Waals surface area contributed by atoms with Crippen LogP contribution in [0.1, 0.15) is 24.8 Å². The van der Waals surface area contributed by atoms with Gasteiger partial charge >= 0.3 is 0 Å². The fourth-order valence-corrected chi connectivity index (χ4v) is 2.27. The van der Waals surface area contributed by atoms with Crippen LogP contribution < -0.4 is 0 Å². The number of benzene rings is 1. The van der Waals surface area contributed by atoms with E-state index in [9.17, 15) is 10.4 Å². The van der Waals surface area contributed by atoms with Gasteiger partial charge in [-0.2, -0.15) is 5.26 Å². The minimum atomic E-state index is -0.523. The summed E-state index contributed by atoms with van der Waals surface area (Å²) in [6.07, 6.45) is 3.93. The standard InChI is InChI=1S/C12H10N2O2/c13-6-12(4-1-5-12)8-2-3-9-11(10(8)15)16-7-14-9/h2-3,7,15H,1,4-5H2. The number of hydrogen-bond acceptors (Lipinski definition) is 4. The lowest BCUT2D eigenvalue weighted by molar-refractivity contribution is 0.311. The maximum Gasteiger partial charge on any atom is 0.196 e. The lowest BCUT2D eigenvalue weighted by Gasteiger charge is -2.35. The highest BCUT2D eigenvalue weighted by Gasteiger charge is 2.41. The molecule has 0 spiro atoms. The van der Waals surface area contributed by atoms with Gasteiger partial charge < -0.3 is 9.52 Å². The molecular formula is C12H10N2O2. The molecule has 16 heavy (non-hydrogen) atoms. The Morgan fingerprint density at radius 3 is 2.88 bits per heavy atom. The van der Waals surface area contributed by atoms with Gasteiger partial charge in [0.1, 0.15) is 5.52 Å². The van der Waals surface area contributed by atoms with Crippen molar-refractivity contribution >= 4 is 11.1 Å². The first-order valence-electron chi connectivity index (χ1n) is 5.24. The van der Waals surface area contributed by atoms with E-state index < -0.39 is 5.41 Å². The number of nitriles is 1.